The van der Waals surface area contributed by atoms with Crippen molar-refractivity contribution < 1.29 is 18.3 Å². The number of benzene rings is 2. The summed E-state index contributed by atoms with van der Waals surface area (Å²) < 4.78 is 35.7. The number of rotatable bonds is 8. The number of carbonyl (C=O) groups excluding carboxylic acids is 1. The smallest absolute Gasteiger partial charge is 0.319 e. The number of amides is 1. The van der Waals surface area contributed by atoms with Crippen molar-refractivity contribution in [2.75, 3.05) is 56.1 Å². The summed E-state index contributed by atoms with van der Waals surface area (Å²) in [5.74, 6) is -2.09. The Morgan fingerprint density at radius 2 is 1.88 bits per heavy atom. The minimum Gasteiger partial charge on any atom is -0.457 e. The molecule has 4 aliphatic rings. The van der Waals surface area contributed by atoms with Gasteiger partial charge in [0.2, 0.25) is 12.5 Å². The van der Waals surface area contributed by atoms with E-state index < -0.39 is 11.5 Å². The van der Waals surface area contributed by atoms with E-state index in [4.69, 9.17) is 21.3 Å². The van der Waals surface area contributed by atoms with Gasteiger partial charge < -0.3 is 24.3 Å². The quantitative estimate of drug-likeness (QED) is 0.227. The SMILES string of the molecule is [C-]#[N+]C[C@H]1CN(c2nc(OC3(CC4CC(F)(F)CN4C)CCCC3)nc3c2CCN(c2cccc4ccccc24)C3)CCN1C(=O)C=C. The fourth-order valence-electron chi connectivity index (χ4n) is 8.38. The maximum absolute atomic E-state index is 14.4. The Morgan fingerprint density at radius 3 is 2.62 bits per heavy atom. The zero-order valence-corrected chi connectivity index (χ0v) is 27.6. The summed E-state index contributed by atoms with van der Waals surface area (Å²) in [6.07, 6.45) is 5.86. The molecule has 48 heavy (non-hydrogen) atoms. The molecular weight excluding hydrogens is 612 g/mol. The number of likely N-dealkylation sites (tertiary alicyclic amines) is 1. The molecule has 3 aliphatic heterocycles. The normalized spacial score (nSPS) is 23.6. The molecule has 9 nitrogen and oxygen atoms in total. The zero-order valence-electron chi connectivity index (χ0n) is 27.6. The topological polar surface area (TPSA) is 69.4 Å². The molecule has 7 rings (SSSR count). The number of hydrogen-bond donors (Lipinski definition) is 0. The summed E-state index contributed by atoms with van der Waals surface area (Å²) in [5, 5.41) is 2.36. The maximum Gasteiger partial charge on any atom is 0.319 e. The highest BCUT2D eigenvalue weighted by molar-refractivity contribution is 5.94. The van der Waals surface area contributed by atoms with Crippen molar-refractivity contribution in [2.45, 2.75) is 75.1 Å². The van der Waals surface area contributed by atoms with E-state index in [2.05, 4.69) is 57.6 Å². The van der Waals surface area contributed by atoms with E-state index in [0.29, 0.717) is 32.6 Å². The van der Waals surface area contributed by atoms with Crippen LogP contribution in [0.3, 0.4) is 0 Å². The van der Waals surface area contributed by atoms with Gasteiger partial charge in [-0.3, -0.25) is 9.69 Å². The molecule has 3 fully saturated rings. The van der Waals surface area contributed by atoms with Crippen molar-refractivity contribution in [3.63, 3.8) is 0 Å². The summed E-state index contributed by atoms with van der Waals surface area (Å²) in [6, 6.07) is 14.4. The fraction of sp³-hybridized carbons (Fsp3) is 0.514. The Bertz CT molecular complexity index is 1730. The average Bonchev–Trinajstić information content (AvgIpc) is 3.64. The van der Waals surface area contributed by atoms with Crippen LogP contribution in [0, 0.1) is 6.57 Å². The molecule has 1 aromatic heterocycles. The second-order valence-electron chi connectivity index (χ2n) is 13.9. The minimum atomic E-state index is -2.70. The number of nitrogens with zero attached hydrogens (tertiary/aromatic N) is 7. The summed E-state index contributed by atoms with van der Waals surface area (Å²) in [7, 11) is 1.78. The molecule has 252 valence electrons. The average molecular weight is 656 g/mol. The van der Waals surface area contributed by atoms with Gasteiger partial charge in [0.05, 0.1) is 18.8 Å². The number of anilines is 2. The number of hydrogen-bond acceptors (Lipinski definition) is 7. The first kappa shape index (κ1) is 32.3. The lowest BCUT2D eigenvalue weighted by atomic mass is 9.91. The first-order chi connectivity index (χ1) is 23.2. The van der Waals surface area contributed by atoms with Crippen molar-refractivity contribution >= 4 is 28.2 Å². The molecule has 0 bridgehead atoms. The van der Waals surface area contributed by atoms with E-state index in [1.807, 2.05) is 6.07 Å². The van der Waals surface area contributed by atoms with Crippen LogP contribution >= 0.6 is 0 Å². The van der Waals surface area contributed by atoms with Gasteiger partial charge in [0.25, 0.3) is 5.92 Å². The molecule has 1 unspecified atom stereocenters. The van der Waals surface area contributed by atoms with E-state index in [1.54, 1.807) is 16.8 Å². The van der Waals surface area contributed by atoms with Crippen LogP contribution in [-0.4, -0.2) is 95.6 Å². The second kappa shape index (κ2) is 13.0. The molecule has 2 aromatic carbocycles. The van der Waals surface area contributed by atoms with Crippen LogP contribution in [0.1, 0.15) is 49.8 Å². The van der Waals surface area contributed by atoms with Crippen molar-refractivity contribution in [1.29, 1.82) is 0 Å². The lowest BCUT2D eigenvalue weighted by Gasteiger charge is -2.41. The predicted molar refractivity (Wildman–Crippen MR) is 183 cm³/mol. The van der Waals surface area contributed by atoms with Gasteiger partial charge in [-0.2, -0.15) is 9.97 Å². The third-order valence-corrected chi connectivity index (χ3v) is 10.7. The van der Waals surface area contributed by atoms with Crippen LogP contribution in [-0.2, 0) is 17.8 Å². The highest BCUT2D eigenvalue weighted by Crippen LogP contribution is 2.43. The Balaban J connectivity index is 1.24. The van der Waals surface area contributed by atoms with E-state index in [0.717, 1.165) is 61.4 Å². The molecule has 1 amide bonds. The number of ether oxygens (including phenoxy) is 1. The molecule has 0 radical (unpaired) electrons. The van der Waals surface area contributed by atoms with Gasteiger partial charge in [0, 0.05) is 61.7 Å². The van der Waals surface area contributed by atoms with E-state index in [9.17, 15) is 13.6 Å². The van der Waals surface area contributed by atoms with Crippen LogP contribution in [0.5, 0.6) is 6.01 Å². The number of halogens is 2. The Kier molecular flexibility index (Phi) is 8.71. The number of piperazine rings is 1. The Labute approximate surface area is 281 Å². The number of aromatic nitrogens is 2. The van der Waals surface area contributed by atoms with E-state index in [-0.39, 0.29) is 43.5 Å². The van der Waals surface area contributed by atoms with Gasteiger partial charge in [-0.15, -0.1) is 0 Å². The van der Waals surface area contributed by atoms with Crippen LogP contribution in [0.2, 0.25) is 0 Å². The lowest BCUT2D eigenvalue weighted by molar-refractivity contribution is -0.128. The summed E-state index contributed by atoms with van der Waals surface area (Å²) >= 11 is 0. The highest BCUT2D eigenvalue weighted by Gasteiger charge is 2.48. The van der Waals surface area contributed by atoms with Crippen molar-refractivity contribution in [3.8, 4) is 6.01 Å². The molecule has 4 heterocycles. The summed E-state index contributed by atoms with van der Waals surface area (Å²) in [4.78, 5) is 34.5. The van der Waals surface area contributed by atoms with Crippen molar-refractivity contribution in [3.05, 3.63) is 77.8 Å². The molecule has 11 heteroatoms. The molecule has 1 saturated carbocycles. The molecule has 2 saturated heterocycles. The van der Waals surface area contributed by atoms with Crippen LogP contribution in [0.15, 0.2) is 55.1 Å². The van der Waals surface area contributed by atoms with Gasteiger partial charge in [0.15, 0.2) is 0 Å². The lowest BCUT2D eigenvalue weighted by Crippen LogP contribution is -2.56. The van der Waals surface area contributed by atoms with Gasteiger partial charge in [-0.25, -0.2) is 15.4 Å². The maximum atomic E-state index is 14.4. The number of alkyl halides is 2. The third kappa shape index (κ3) is 6.30. The molecular formula is C37H43F2N7O2. The highest BCUT2D eigenvalue weighted by atomic mass is 19.3. The summed E-state index contributed by atoms with van der Waals surface area (Å²) in [6.45, 7) is 14.0. The second-order valence-corrected chi connectivity index (χ2v) is 13.9. The summed E-state index contributed by atoms with van der Waals surface area (Å²) in [5.41, 5.74) is 2.47. The first-order valence-electron chi connectivity index (χ1n) is 17.1. The number of fused-ring (bicyclic) bond motifs is 2. The van der Waals surface area contributed by atoms with E-state index in [1.165, 1.54) is 16.8 Å². The van der Waals surface area contributed by atoms with Gasteiger partial charge in [0.1, 0.15) is 17.5 Å². The molecule has 1 aliphatic carbocycles. The zero-order chi connectivity index (χ0) is 33.5. The standard InChI is InChI=1S/C37H43F2N7O2/c1-4-33(47)46-19-18-45(23-28(46)22-40-2)34-30-14-17-44(32-13-9-11-26-10-5-6-12-29(26)32)24-31(30)41-35(42-34)48-36(15-7-8-16-36)20-27-21-37(38,39)25-43(27)3/h4-6,9-13,27-28H,1,7-8,14-25H2,3H3/t27?,28-/m0/s1. The number of carbonyl (C=O) groups is 1. The molecule has 2 atom stereocenters. The van der Waals surface area contributed by atoms with Crippen LogP contribution < -0.4 is 14.5 Å². The Morgan fingerprint density at radius 1 is 1.08 bits per heavy atom. The molecule has 0 N–H and O–H groups in total. The molecule has 0 spiro atoms. The first-order valence-corrected chi connectivity index (χ1v) is 17.1. The largest absolute Gasteiger partial charge is 0.457 e. The third-order valence-electron chi connectivity index (χ3n) is 10.7. The van der Waals surface area contributed by atoms with Crippen molar-refractivity contribution in [2.24, 2.45) is 0 Å². The monoisotopic (exact) mass is 655 g/mol. The van der Waals surface area contributed by atoms with Crippen LogP contribution in [0.25, 0.3) is 15.6 Å². The fourth-order valence-corrected chi connectivity index (χ4v) is 8.38. The van der Waals surface area contributed by atoms with Gasteiger partial charge in [-0.05, 0) is 56.7 Å². The van der Waals surface area contributed by atoms with Gasteiger partial charge in [-0.1, -0.05) is 43.0 Å². The Hall–Kier alpha value is -4.30. The van der Waals surface area contributed by atoms with Crippen LogP contribution in [0.4, 0.5) is 20.3 Å². The molecule has 3 aromatic rings. The van der Waals surface area contributed by atoms with E-state index >= 15 is 0 Å². The van der Waals surface area contributed by atoms with Crippen molar-refractivity contribution in [1.82, 2.24) is 19.8 Å². The minimum absolute atomic E-state index is 0.166. The predicted octanol–water partition coefficient (Wildman–Crippen LogP) is 5.74. The van der Waals surface area contributed by atoms with Gasteiger partial charge >= 0.3 is 6.01 Å².